The molecular weight excluding hydrogens is 264 g/mol. The molecule has 1 fully saturated rings. The smallest absolute Gasteiger partial charge is 0.133 e. The first kappa shape index (κ1) is 16.2. The number of nitrogens with zero attached hydrogens (tertiary/aromatic N) is 3. The van der Waals surface area contributed by atoms with Crippen molar-refractivity contribution in [2.45, 2.75) is 25.9 Å². The van der Waals surface area contributed by atoms with Gasteiger partial charge in [-0.25, -0.2) is 4.98 Å². The van der Waals surface area contributed by atoms with Gasteiger partial charge in [-0.05, 0) is 27.0 Å². The maximum absolute atomic E-state index is 5.07. The average molecular weight is 292 g/mol. The lowest BCUT2D eigenvalue weighted by atomic mass is 9.99. The van der Waals surface area contributed by atoms with E-state index in [2.05, 4.69) is 47.1 Å². The summed E-state index contributed by atoms with van der Waals surface area (Å²) in [5.74, 6) is 1.11. The number of hydrogen-bond donors (Lipinski definition) is 1. The Hall–Kier alpha value is -1.17. The molecule has 0 amide bonds. The number of methoxy groups -OCH3 is 1. The van der Waals surface area contributed by atoms with Crippen molar-refractivity contribution in [1.29, 1.82) is 0 Å². The quantitative estimate of drug-likeness (QED) is 0.802. The molecule has 0 aromatic carbocycles. The van der Waals surface area contributed by atoms with Crippen LogP contribution in [0, 0.1) is 0 Å². The number of hydrogen-bond acceptors (Lipinski definition) is 5. The SMILES string of the molecule is COCCNCc1cccnc1N1CCN(C)C(C)(C)C1. The summed E-state index contributed by atoms with van der Waals surface area (Å²) in [5.41, 5.74) is 1.44. The molecule has 0 saturated carbocycles. The number of ether oxygens (including phenoxy) is 1. The van der Waals surface area contributed by atoms with Crippen molar-refractivity contribution in [3.63, 3.8) is 0 Å². The number of likely N-dealkylation sites (N-methyl/N-ethyl adjacent to an activating group) is 1. The molecule has 1 aliphatic heterocycles. The zero-order valence-electron chi connectivity index (χ0n) is 13.7. The summed E-state index contributed by atoms with van der Waals surface area (Å²) in [4.78, 5) is 9.46. The molecular formula is C16H28N4O. The van der Waals surface area contributed by atoms with Crippen LogP contribution in [0.15, 0.2) is 18.3 Å². The second kappa shape index (κ2) is 7.20. The first-order valence-electron chi connectivity index (χ1n) is 7.64. The highest BCUT2D eigenvalue weighted by Crippen LogP contribution is 2.25. The lowest BCUT2D eigenvalue weighted by Crippen LogP contribution is -2.58. The molecule has 1 aliphatic rings. The summed E-state index contributed by atoms with van der Waals surface area (Å²) >= 11 is 0. The standard InChI is InChI=1S/C16H28N4O/c1-16(2)13-20(10-9-19(16)3)15-14(6-5-7-18-15)12-17-8-11-21-4/h5-7,17H,8-13H2,1-4H3. The molecule has 118 valence electrons. The predicted octanol–water partition coefficient (Wildman–Crippen LogP) is 1.35. The Morgan fingerprint density at radius 2 is 2.19 bits per heavy atom. The second-order valence-electron chi connectivity index (χ2n) is 6.31. The number of rotatable bonds is 6. The molecule has 2 rings (SSSR count). The molecule has 5 nitrogen and oxygen atoms in total. The summed E-state index contributed by atoms with van der Waals surface area (Å²) in [6.45, 7) is 10.1. The highest BCUT2D eigenvalue weighted by atomic mass is 16.5. The van der Waals surface area contributed by atoms with Crippen LogP contribution in [-0.4, -0.2) is 62.4 Å². The Labute approximate surface area is 128 Å². The van der Waals surface area contributed by atoms with E-state index < -0.39 is 0 Å². The van der Waals surface area contributed by atoms with Crippen LogP contribution >= 0.6 is 0 Å². The second-order valence-corrected chi connectivity index (χ2v) is 6.31. The number of pyridine rings is 1. The van der Waals surface area contributed by atoms with E-state index in [1.165, 1.54) is 5.56 Å². The van der Waals surface area contributed by atoms with Crippen LogP contribution in [0.5, 0.6) is 0 Å². The van der Waals surface area contributed by atoms with Gasteiger partial charge in [0.2, 0.25) is 0 Å². The highest BCUT2D eigenvalue weighted by molar-refractivity contribution is 5.47. The first-order chi connectivity index (χ1) is 10.0. The summed E-state index contributed by atoms with van der Waals surface area (Å²) in [6, 6.07) is 4.17. The zero-order valence-corrected chi connectivity index (χ0v) is 13.7. The van der Waals surface area contributed by atoms with E-state index in [-0.39, 0.29) is 5.54 Å². The minimum absolute atomic E-state index is 0.177. The normalized spacial score (nSPS) is 19.0. The van der Waals surface area contributed by atoms with Crippen LogP contribution in [0.3, 0.4) is 0 Å². The van der Waals surface area contributed by atoms with Crippen molar-refractivity contribution >= 4 is 5.82 Å². The molecule has 1 aromatic rings. The fourth-order valence-corrected chi connectivity index (χ4v) is 2.67. The molecule has 1 N–H and O–H groups in total. The van der Waals surface area contributed by atoms with Gasteiger partial charge in [0.15, 0.2) is 0 Å². The van der Waals surface area contributed by atoms with Gasteiger partial charge in [-0.3, -0.25) is 4.90 Å². The van der Waals surface area contributed by atoms with Crippen LogP contribution in [0.1, 0.15) is 19.4 Å². The van der Waals surface area contributed by atoms with Crippen molar-refractivity contribution in [3.8, 4) is 0 Å². The lowest BCUT2D eigenvalue weighted by Gasteiger charge is -2.46. The van der Waals surface area contributed by atoms with Crippen LogP contribution in [0.25, 0.3) is 0 Å². The van der Waals surface area contributed by atoms with Gasteiger partial charge in [-0.2, -0.15) is 0 Å². The Bertz CT molecular complexity index is 450. The number of piperazine rings is 1. The third-order valence-electron chi connectivity index (χ3n) is 4.28. The van der Waals surface area contributed by atoms with E-state index in [4.69, 9.17) is 4.74 Å². The minimum Gasteiger partial charge on any atom is -0.383 e. The summed E-state index contributed by atoms with van der Waals surface area (Å²) in [5, 5.41) is 3.41. The van der Waals surface area contributed by atoms with Gasteiger partial charge in [0.05, 0.1) is 6.61 Å². The Morgan fingerprint density at radius 3 is 2.90 bits per heavy atom. The molecule has 0 radical (unpaired) electrons. The van der Waals surface area contributed by atoms with Gasteiger partial charge in [-0.15, -0.1) is 0 Å². The van der Waals surface area contributed by atoms with E-state index in [9.17, 15) is 0 Å². The Balaban J connectivity index is 2.05. The van der Waals surface area contributed by atoms with E-state index in [0.29, 0.717) is 0 Å². The van der Waals surface area contributed by atoms with Crippen molar-refractivity contribution in [1.82, 2.24) is 15.2 Å². The van der Waals surface area contributed by atoms with Gasteiger partial charge in [0, 0.05) is 57.1 Å². The third-order valence-corrected chi connectivity index (χ3v) is 4.28. The van der Waals surface area contributed by atoms with E-state index >= 15 is 0 Å². The largest absolute Gasteiger partial charge is 0.383 e. The fraction of sp³-hybridized carbons (Fsp3) is 0.688. The minimum atomic E-state index is 0.177. The van der Waals surface area contributed by atoms with Crippen molar-refractivity contribution in [2.75, 3.05) is 51.8 Å². The van der Waals surface area contributed by atoms with Crippen LogP contribution in [0.4, 0.5) is 5.82 Å². The van der Waals surface area contributed by atoms with Gasteiger partial charge in [0.25, 0.3) is 0 Å². The lowest BCUT2D eigenvalue weighted by molar-refractivity contribution is 0.138. The first-order valence-corrected chi connectivity index (χ1v) is 7.64. The average Bonchev–Trinajstić information content (AvgIpc) is 2.47. The maximum atomic E-state index is 5.07. The number of aromatic nitrogens is 1. The number of nitrogens with one attached hydrogen (secondary N) is 1. The molecule has 1 aromatic heterocycles. The molecule has 0 spiro atoms. The third kappa shape index (κ3) is 4.15. The van der Waals surface area contributed by atoms with Gasteiger partial charge < -0.3 is 15.0 Å². The molecule has 1 saturated heterocycles. The van der Waals surface area contributed by atoms with E-state index in [1.807, 2.05) is 12.3 Å². The van der Waals surface area contributed by atoms with Gasteiger partial charge >= 0.3 is 0 Å². The molecule has 21 heavy (non-hydrogen) atoms. The predicted molar refractivity (Wildman–Crippen MR) is 86.7 cm³/mol. The van der Waals surface area contributed by atoms with Crippen molar-refractivity contribution < 1.29 is 4.74 Å². The van der Waals surface area contributed by atoms with E-state index in [0.717, 1.165) is 45.1 Å². The molecule has 2 heterocycles. The van der Waals surface area contributed by atoms with Crippen LogP contribution in [-0.2, 0) is 11.3 Å². The Kier molecular flexibility index (Phi) is 5.56. The van der Waals surface area contributed by atoms with Crippen LogP contribution < -0.4 is 10.2 Å². The van der Waals surface area contributed by atoms with Crippen LogP contribution in [0.2, 0.25) is 0 Å². The molecule has 0 atom stereocenters. The topological polar surface area (TPSA) is 40.6 Å². The monoisotopic (exact) mass is 292 g/mol. The molecule has 5 heteroatoms. The molecule has 0 unspecified atom stereocenters. The van der Waals surface area contributed by atoms with Crippen molar-refractivity contribution in [3.05, 3.63) is 23.9 Å². The fourth-order valence-electron chi connectivity index (χ4n) is 2.67. The van der Waals surface area contributed by atoms with Gasteiger partial charge in [0.1, 0.15) is 5.82 Å². The molecule has 0 aliphatic carbocycles. The summed E-state index contributed by atoms with van der Waals surface area (Å²) in [7, 11) is 3.92. The summed E-state index contributed by atoms with van der Waals surface area (Å²) in [6.07, 6.45) is 1.89. The van der Waals surface area contributed by atoms with Crippen molar-refractivity contribution in [2.24, 2.45) is 0 Å². The summed E-state index contributed by atoms with van der Waals surface area (Å²) < 4.78 is 5.07. The Morgan fingerprint density at radius 1 is 1.38 bits per heavy atom. The highest BCUT2D eigenvalue weighted by Gasteiger charge is 2.32. The maximum Gasteiger partial charge on any atom is 0.133 e. The van der Waals surface area contributed by atoms with E-state index in [1.54, 1.807) is 7.11 Å². The zero-order chi connectivity index (χ0) is 15.3. The van der Waals surface area contributed by atoms with Gasteiger partial charge in [-0.1, -0.05) is 6.07 Å². The molecule has 0 bridgehead atoms. The number of anilines is 1.